The molecule has 0 unspecified atom stereocenters. The molecule has 0 fully saturated rings. The summed E-state index contributed by atoms with van der Waals surface area (Å²) in [6.07, 6.45) is 0.511. The van der Waals surface area contributed by atoms with E-state index in [0.29, 0.717) is 23.0 Å². The molecule has 0 aliphatic rings. The summed E-state index contributed by atoms with van der Waals surface area (Å²) in [6.45, 7) is 2.31. The number of halogens is 1. The normalized spacial score (nSPS) is 9.67. The van der Waals surface area contributed by atoms with Gasteiger partial charge < -0.3 is 4.74 Å². The third kappa shape index (κ3) is 3.90. The van der Waals surface area contributed by atoms with Crippen LogP contribution in [0, 0.1) is 17.0 Å². The molecule has 0 spiro atoms. The second-order valence-corrected chi connectivity index (χ2v) is 4.40. The SMILES string of the molecule is Cc1cc(Br)cc([N+](=O)[O-])c1OCCCN=[N+]=[N-]. The summed E-state index contributed by atoms with van der Waals surface area (Å²) in [5.74, 6) is 0.254. The predicted molar refractivity (Wildman–Crippen MR) is 69.7 cm³/mol. The van der Waals surface area contributed by atoms with Gasteiger partial charge in [-0.3, -0.25) is 10.1 Å². The Hall–Kier alpha value is -1.79. The lowest BCUT2D eigenvalue weighted by atomic mass is 10.2. The number of benzene rings is 1. The Bertz CT molecular complexity index is 500. The maximum absolute atomic E-state index is 10.9. The highest BCUT2D eigenvalue weighted by atomic mass is 79.9. The molecular formula is C10H11BrN4O3. The standard InChI is InChI=1S/C10H11BrN4O3/c1-7-5-8(11)6-9(15(16)17)10(7)18-4-2-3-13-14-12/h5-6H,2-4H2,1H3. The van der Waals surface area contributed by atoms with Crippen molar-refractivity contribution < 1.29 is 9.66 Å². The van der Waals surface area contributed by atoms with Crippen LogP contribution in [0.1, 0.15) is 12.0 Å². The van der Waals surface area contributed by atoms with Crippen molar-refractivity contribution in [1.29, 1.82) is 0 Å². The molecule has 0 saturated heterocycles. The molecule has 1 aromatic carbocycles. The Kier molecular flexibility index (Phi) is 5.41. The molecule has 1 rings (SSSR count). The molecule has 0 saturated carbocycles. The van der Waals surface area contributed by atoms with Crippen LogP contribution in [0.5, 0.6) is 5.75 Å². The van der Waals surface area contributed by atoms with E-state index in [-0.39, 0.29) is 18.0 Å². The van der Waals surface area contributed by atoms with Gasteiger partial charge in [0.15, 0.2) is 5.75 Å². The van der Waals surface area contributed by atoms with Gasteiger partial charge in [0.05, 0.1) is 11.5 Å². The van der Waals surface area contributed by atoms with Crippen LogP contribution >= 0.6 is 15.9 Å². The lowest BCUT2D eigenvalue weighted by Gasteiger charge is -2.09. The molecule has 7 nitrogen and oxygen atoms in total. The van der Waals surface area contributed by atoms with Gasteiger partial charge in [-0.2, -0.15) is 0 Å². The van der Waals surface area contributed by atoms with Crippen LogP contribution in [0.4, 0.5) is 5.69 Å². The molecule has 1 aromatic rings. The minimum absolute atomic E-state index is 0.0781. The average molecular weight is 315 g/mol. The van der Waals surface area contributed by atoms with Crippen LogP contribution in [0.25, 0.3) is 10.4 Å². The average Bonchev–Trinajstić information content (AvgIpc) is 2.30. The number of aryl methyl sites for hydroxylation is 1. The number of rotatable bonds is 6. The van der Waals surface area contributed by atoms with E-state index in [9.17, 15) is 10.1 Å². The maximum Gasteiger partial charge on any atom is 0.312 e. The van der Waals surface area contributed by atoms with E-state index in [2.05, 4.69) is 26.0 Å². The quantitative estimate of drug-likeness (QED) is 0.199. The summed E-state index contributed by atoms with van der Waals surface area (Å²) in [7, 11) is 0. The maximum atomic E-state index is 10.9. The zero-order valence-electron chi connectivity index (χ0n) is 9.67. The Morgan fingerprint density at radius 3 is 2.94 bits per heavy atom. The van der Waals surface area contributed by atoms with E-state index in [1.54, 1.807) is 13.0 Å². The Balaban J connectivity index is 2.80. The Morgan fingerprint density at radius 2 is 2.33 bits per heavy atom. The molecule has 8 heteroatoms. The molecule has 0 aromatic heterocycles. The van der Waals surface area contributed by atoms with E-state index in [1.165, 1.54) is 6.07 Å². The topological polar surface area (TPSA) is 101 Å². The van der Waals surface area contributed by atoms with Crippen molar-refractivity contribution >= 4 is 21.6 Å². The lowest BCUT2D eigenvalue weighted by Crippen LogP contribution is -2.03. The molecule has 0 bridgehead atoms. The molecule has 96 valence electrons. The van der Waals surface area contributed by atoms with Crippen LogP contribution in [0.3, 0.4) is 0 Å². The highest BCUT2D eigenvalue weighted by molar-refractivity contribution is 9.10. The predicted octanol–water partition coefficient (Wildman–Crippen LogP) is 3.74. The first kappa shape index (κ1) is 14.3. The first-order valence-electron chi connectivity index (χ1n) is 5.14. The van der Waals surface area contributed by atoms with Crippen molar-refractivity contribution in [1.82, 2.24) is 0 Å². The Morgan fingerprint density at radius 1 is 1.61 bits per heavy atom. The number of nitro benzene ring substituents is 1. The third-order valence-corrected chi connectivity index (χ3v) is 2.59. The van der Waals surface area contributed by atoms with E-state index in [1.807, 2.05) is 0 Å². The zero-order chi connectivity index (χ0) is 13.5. The molecule has 0 N–H and O–H groups in total. The minimum Gasteiger partial charge on any atom is -0.487 e. The van der Waals surface area contributed by atoms with Gasteiger partial charge in [-0.05, 0) is 30.5 Å². The van der Waals surface area contributed by atoms with Crippen molar-refractivity contribution in [2.45, 2.75) is 13.3 Å². The summed E-state index contributed by atoms with van der Waals surface area (Å²) in [5.41, 5.74) is 8.70. The summed E-state index contributed by atoms with van der Waals surface area (Å²) in [4.78, 5) is 13.0. The van der Waals surface area contributed by atoms with Crippen molar-refractivity contribution in [3.05, 3.63) is 42.7 Å². The van der Waals surface area contributed by atoms with Gasteiger partial charge in [0.25, 0.3) is 0 Å². The van der Waals surface area contributed by atoms with Crippen molar-refractivity contribution in [2.75, 3.05) is 13.2 Å². The highest BCUT2D eigenvalue weighted by Gasteiger charge is 2.18. The fraction of sp³-hybridized carbons (Fsp3) is 0.400. The molecule has 0 amide bonds. The fourth-order valence-electron chi connectivity index (χ4n) is 1.39. The third-order valence-electron chi connectivity index (χ3n) is 2.13. The van der Waals surface area contributed by atoms with Gasteiger partial charge in [0.1, 0.15) is 0 Å². The highest BCUT2D eigenvalue weighted by Crippen LogP contribution is 2.34. The van der Waals surface area contributed by atoms with Gasteiger partial charge in [0.2, 0.25) is 0 Å². The van der Waals surface area contributed by atoms with E-state index in [4.69, 9.17) is 10.3 Å². The van der Waals surface area contributed by atoms with Crippen LogP contribution < -0.4 is 4.74 Å². The van der Waals surface area contributed by atoms with Crippen LogP contribution in [-0.4, -0.2) is 18.1 Å². The molecule has 0 aliphatic carbocycles. The number of ether oxygens (including phenoxy) is 1. The number of hydrogen-bond acceptors (Lipinski definition) is 4. The number of hydrogen-bond donors (Lipinski definition) is 0. The van der Waals surface area contributed by atoms with Crippen molar-refractivity contribution in [3.63, 3.8) is 0 Å². The van der Waals surface area contributed by atoms with Gasteiger partial charge >= 0.3 is 5.69 Å². The number of azide groups is 1. The second kappa shape index (κ2) is 6.83. The van der Waals surface area contributed by atoms with E-state index < -0.39 is 4.92 Å². The molecule has 0 heterocycles. The van der Waals surface area contributed by atoms with Crippen molar-refractivity contribution in [3.8, 4) is 5.75 Å². The monoisotopic (exact) mass is 314 g/mol. The van der Waals surface area contributed by atoms with Gasteiger partial charge in [0, 0.05) is 22.0 Å². The van der Waals surface area contributed by atoms with Crippen LogP contribution in [-0.2, 0) is 0 Å². The molecule has 18 heavy (non-hydrogen) atoms. The molecular weight excluding hydrogens is 304 g/mol. The summed E-state index contributed by atoms with van der Waals surface area (Å²) < 4.78 is 6.02. The smallest absolute Gasteiger partial charge is 0.312 e. The van der Waals surface area contributed by atoms with Crippen LogP contribution in [0.15, 0.2) is 21.7 Å². The molecule has 0 radical (unpaired) electrons. The van der Waals surface area contributed by atoms with E-state index >= 15 is 0 Å². The first-order chi connectivity index (χ1) is 8.56. The molecule has 0 aliphatic heterocycles. The van der Waals surface area contributed by atoms with Gasteiger partial charge in [-0.1, -0.05) is 21.0 Å². The van der Waals surface area contributed by atoms with Gasteiger partial charge in [-0.25, -0.2) is 0 Å². The van der Waals surface area contributed by atoms with Crippen LogP contribution in [0.2, 0.25) is 0 Å². The van der Waals surface area contributed by atoms with Gasteiger partial charge in [-0.15, -0.1) is 0 Å². The number of nitro groups is 1. The van der Waals surface area contributed by atoms with E-state index in [0.717, 1.165) is 0 Å². The van der Waals surface area contributed by atoms with Crippen molar-refractivity contribution in [2.24, 2.45) is 5.11 Å². The summed E-state index contributed by atoms with van der Waals surface area (Å²) >= 11 is 3.20. The molecule has 0 atom stereocenters. The minimum atomic E-state index is -0.486. The first-order valence-corrected chi connectivity index (χ1v) is 5.93. The zero-order valence-corrected chi connectivity index (χ0v) is 11.3. The fourth-order valence-corrected chi connectivity index (χ4v) is 1.95. The lowest BCUT2D eigenvalue weighted by molar-refractivity contribution is -0.386. The largest absolute Gasteiger partial charge is 0.487 e. The summed E-state index contributed by atoms with van der Waals surface area (Å²) in [5, 5.41) is 14.3. The summed E-state index contributed by atoms with van der Waals surface area (Å²) in [6, 6.07) is 3.14. The Labute approximate surface area is 112 Å². The second-order valence-electron chi connectivity index (χ2n) is 3.48. The number of nitrogens with zero attached hydrogens (tertiary/aromatic N) is 4.